The summed E-state index contributed by atoms with van der Waals surface area (Å²) in [5, 5.41) is 1.61. The molecule has 0 N–H and O–H groups in total. The van der Waals surface area contributed by atoms with Crippen molar-refractivity contribution in [3.63, 3.8) is 0 Å². The number of hydrogen-bond acceptors (Lipinski definition) is 2. The molecule has 20 heavy (non-hydrogen) atoms. The molecule has 2 aromatic rings. The highest BCUT2D eigenvalue weighted by molar-refractivity contribution is 7.21. The first-order valence-corrected chi connectivity index (χ1v) is 8.27. The van der Waals surface area contributed by atoms with E-state index >= 15 is 0 Å². The summed E-state index contributed by atoms with van der Waals surface area (Å²) in [6, 6.07) is 6.47. The molecule has 0 radical (unpaired) electrons. The van der Waals surface area contributed by atoms with Crippen LogP contribution in [-0.2, 0) is 0 Å². The first-order chi connectivity index (χ1) is 9.58. The Balaban J connectivity index is 2.01. The smallest absolute Gasteiger partial charge is 0.265 e. The number of nitrogens with zero attached hydrogens (tertiary/aromatic N) is 1. The van der Waals surface area contributed by atoms with Gasteiger partial charge < -0.3 is 4.90 Å². The normalized spacial score (nSPS) is 19.6. The van der Waals surface area contributed by atoms with Crippen LogP contribution in [0.2, 0.25) is 5.02 Å². The van der Waals surface area contributed by atoms with Gasteiger partial charge in [0.25, 0.3) is 5.91 Å². The summed E-state index contributed by atoms with van der Waals surface area (Å²) >= 11 is 7.95. The van der Waals surface area contributed by atoms with Crippen molar-refractivity contribution < 1.29 is 4.79 Å². The van der Waals surface area contributed by atoms with Crippen molar-refractivity contribution in [2.75, 3.05) is 6.54 Å². The van der Waals surface area contributed by atoms with Crippen LogP contribution in [0.3, 0.4) is 0 Å². The minimum Gasteiger partial charge on any atom is -0.335 e. The lowest BCUT2D eigenvalue weighted by Crippen LogP contribution is -2.41. The maximum absolute atomic E-state index is 12.7. The third-order valence-electron chi connectivity index (χ3n) is 4.04. The van der Waals surface area contributed by atoms with Crippen LogP contribution >= 0.6 is 22.9 Å². The second-order valence-corrected chi connectivity index (χ2v) is 7.02. The molecule has 0 bridgehead atoms. The summed E-state index contributed by atoms with van der Waals surface area (Å²) in [5.41, 5.74) is 1.20. The number of likely N-dealkylation sites (tertiary alicyclic amines) is 1. The van der Waals surface area contributed by atoms with E-state index in [1.54, 1.807) is 0 Å². The monoisotopic (exact) mass is 307 g/mol. The van der Waals surface area contributed by atoms with Gasteiger partial charge in [0.15, 0.2) is 0 Å². The number of rotatable bonds is 1. The van der Waals surface area contributed by atoms with E-state index in [1.807, 2.05) is 17.0 Å². The number of piperidine rings is 1. The lowest BCUT2D eigenvalue weighted by Gasteiger charge is -2.33. The summed E-state index contributed by atoms with van der Waals surface area (Å²) in [7, 11) is 0. The molecule has 1 aliphatic rings. The topological polar surface area (TPSA) is 20.3 Å². The standard InChI is InChI=1S/C16H18ClNOS/c1-10-6-7-12-13(9-10)20-15(14(12)17)16(19)18-8-4-3-5-11(18)2/h6-7,9,11H,3-5,8H2,1-2H3/t11-/m1/s1. The summed E-state index contributed by atoms with van der Waals surface area (Å²) in [6.07, 6.45) is 3.40. The lowest BCUT2D eigenvalue weighted by molar-refractivity contribution is 0.0641. The number of thiophene rings is 1. The first-order valence-electron chi connectivity index (χ1n) is 7.07. The quantitative estimate of drug-likeness (QED) is 0.735. The molecule has 4 heteroatoms. The number of halogens is 1. The van der Waals surface area contributed by atoms with Crippen LogP contribution < -0.4 is 0 Å². The molecular formula is C16H18ClNOS. The average molecular weight is 308 g/mol. The molecule has 1 aromatic heterocycles. The van der Waals surface area contributed by atoms with E-state index in [9.17, 15) is 4.79 Å². The molecule has 0 saturated carbocycles. The predicted molar refractivity (Wildman–Crippen MR) is 85.9 cm³/mol. The van der Waals surface area contributed by atoms with E-state index in [-0.39, 0.29) is 5.91 Å². The van der Waals surface area contributed by atoms with Crippen LogP contribution in [0.4, 0.5) is 0 Å². The van der Waals surface area contributed by atoms with Gasteiger partial charge in [-0.2, -0.15) is 0 Å². The molecule has 1 atom stereocenters. The predicted octanol–water partition coefficient (Wildman–Crippen LogP) is 4.88. The summed E-state index contributed by atoms with van der Waals surface area (Å²) in [4.78, 5) is 15.4. The molecule has 1 amide bonds. The molecule has 106 valence electrons. The zero-order valence-corrected chi connectivity index (χ0v) is 13.4. The van der Waals surface area contributed by atoms with Gasteiger partial charge in [-0.05, 0) is 44.7 Å². The van der Waals surface area contributed by atoms with Gasteiger partial charge in [0.1, 0.15) is 4.88 Å². The van der Waals surface area contributed by atoms with Crippen LogP contribution in [0.15, 0.2) is 18.2 Å². The van der Waals surface area contributed by atoms with Crippen LogP contribution in [-0.4, -0.2) is 23.4 Å². The average Bonchev–Trinajstić information content (AvgIpc) is 2.75. The minimum absolute atomic E-state index is 0.0982. The van der Waals surface area contributed by atoms with Crippen molar-refractivity contribution >= 4 is 38.9 Å². The van der Waals surface area contributed by atoms with Gasteiger partial charge in [0, 0.05) is 22.7 Å². The summed E-state index contributed by atoms with van der Waals surface area (Å²) < 4.78 is 1.10. The van der Waals surface area contributed by atoms with E-state index in [0.29, 0.717) is 15.9 Å². The molecule has 1 aliphatic heterocycles. The largest absolute Gasteiger partial charge is 0.335 e. The molecular weight excluding hydrogens is 290 g/mol. The Morgan fingerprint density at radius 3 is 2.95 bits per heavy atom. The van der Waals surface area contributed by atoms with Gasteiger partial charge in [-0.1, -0.05) is 23.7 Å². The molecule has 2 nitrogen and oxygen atoms in total. The maximum atomic E-state index is 12.7. The number of hydrogen-bond donors (Lipinski definition) is 0. The Bertz CT molecular complexity index is 664. The number of fused-ring (bicyclic) bond motifs is 1. The van der Waals surface area contributed by atoms with Crippen molar-refractivity contribution in [2.45, 2.75) is 39.2 Å². The van der Waals surface area contributed by atoms with Crippen molar-refractivity contribution in [1.29, 1.82) is 0 Å². The fourth-order valence-electron chi connectivity index (χ4n) is 2.84. The van der Waals surface area contributed by atoms with Crippen LogP contribution in [0, 0.1) is 6.92 Å². The highest BCUT2D eigenvalue weighted by Gasteiger charge is 2.27. The molecule has 2 heterocycles. The van der Waals surface area contributed by atoms with Crippen LogP contribution in [0.5, 0.6) is 0 Å². The number of carbonyl (C=O) groups is 1. The maximum Gasteiger partial charge on any atom is 0.265 e. The lowest BCUT2D eigenvalue weighted by atomic mass is 10.0. The second kappa shape index (κ2) is 5.38. The Morgan fingerprint density at radius 1 is 1.40 bits per heavy atom. The molecule has 1 saturated heterocycles. The Morgan fingerprint density at radius 2 is 2.20 bits per heavy atom. The fourth-order valence-corrected chi connectivity index (χ4v) is 4.41. The third kappa shape index (κ3) is 2.33. The van der Waals surface area contributed by atoms with Gasteiger partial charge in [-0.3, -0.25) is 4.79 Å². The van der Waals surface area contributed by atoms with Crippen molar-refractivity contribution in [1.82, 2.24) is 4.90 Å². The Kier molecular flexibility index (Phi) is 3.74. The van der Waals surface area contributed by atoms with Crippen LogP contribution in [0.1, 0.15) is 41.4 Å². The van der Waals surface area contributed by atoms with Gasteiger partial charge >= 0.3 is 0 Å². The molecule has 3 rings (SSSR count). The minimum atomic E-state index is 0.0982. The van der Waals surface area contributed by atoms with Gasteiger partial charge in [-0.15, -0.1) is 11.3 Å². The number of aryl methyl sites for hydroxylation is 1. The second-order valence-electron chi connectivity index (χ2n) is 5.59. The molecule has 1 fully saturated rings. The SMILES string of the molecule is Cc1ccc2c(Cl)c(C(=O)N3CCCC[C@H]3C)sc2c1. The summed E-state index contributed by atoms with van der Waals surface area (Å²) in [5.74, 6) is 0.0982. The fraction of sp³-hybridized carbons (Fsp3) is 0.438. The molecule has 0 unspecified atom stereocenters. The Hall–Kier alpha value is -1.06. The van der Waals surface area contributed by atoms with E-state index in [4.69, 9.17) is 11.6 Å². The van der Waals surface area contributed by atoms with E-state index in [0.717, 1.165) is 29.5 Å². The van der Waals surface area contributed by atoms with Crippen molar-refractivity contribution in [3.8, 4) is 0 Å². The number of benzene rings is 1. The number of amides is 1. The number of carbonyl (C=O) groups excluding carboxylic acids is 1. The van der Waals surface area contributed by atoms with Crippen LogP contribution in [0.25, 0.3) is 10.1 Å². The van der Waals surface area contributed by atoms with Gasteiger partial charge in [-0.25, -0.2) is 0 Å². The van der Waals surface area contributed by atoms with E-state index in [2.05, 4.69) is 19.9 Å². The van der Waals surface area contributed by atoms with E-state index in [1.165, 1.54) is 23.3 Å². The zero-order chi connectivity index (χ0) is 14.3. The highest BCUT2D eigenvalue weighted by atomic mass is 35.5. The highest BCUT2D eigenvalue weighted by Crippen LogP contribution is 2.37. The third-order valence-corrected chi connectivity index (χ3v) is 5.69. The van der Waals surface area contributed by atoms with Gasteiger partial charge in [0.2, 0.25) is 0 Å². The molecule has 0 aliphatic carbocycles. The van der Waals surface area contributed by atoms with E-state index < -0.39 is 0 Å². The first kappa shape index (κ1) is 13.9. The van der Waals surface area contributed by atoms with Crippen molar-refractivity contribution in [2.24, 2.45) is 0 Å². The van der Waals surface area contributed by atoms with Gasteiger partial charge in [0.05, 0.1) is 5.02 Å². The molecule has 1 aromatic carbocycles. The molecule has 0 spiro atoms. The van der Waals surface area contributed by atoms with Crippen molar-refractivity contribution in [3.05, 3.63) is 33.7 Å². The zero-order valence-electron chi connectivity index (χ0n) is 11.8. The summed E-state index contributed by atoms with van der Waals surface area (Å²) in [6.45, 7) is 5.04. The Labute approximate surface area is 128 Å².